The Kier molecular flexibility index (Phi) is 4.74. The van der Waals surface area contributed by atoms with Crippen molar-refractivity contribution in [2.75, 3.05) is 0 Å². The topological polar surface area (TPSA) is 12.9 Å². The van der Waals surface area contributed by atoms with Crippen LogP contribution >= 0.6 is 22.9 Å². The summed E-state index contributed by atoms with van der Waals surface area (Å²) in [5, 5.41) is 3.70. The first-order valence-electron chi connectivity index (χ1n) is 4.77. The highest BCUT2D eigenvalue weighted by Crippen LogP contribution is 2.15. The SMILES string of the molecule is CCC(Cl)CCCc1nc(C)cs1. The van der Waals surface area contributed by atoms with Gasteiger partial charge in [-0.25, -0.2) is 4.98 Å². The number of rotatable bonds is 5. The van der Waals surface area contributed by atoms with Gasteiger partial charge in [-0.2, -0.15) is 0 Å². The molecule has 0 bridgehead atoms. The molecule has 0 aliphatic heterocycles. The molecule has 0 amide bonds. The summed E-state index contributed by atoms with van der Waals surface area (Å²) in [5.74, 6) is 0. The number of alkyl halides is 1. The molecular formula is C10H16ClNS. The number of hydrogen-bond donors (Lipinski definition) is 0. The normalized spacial score (nSPS) is 13.2. The molecule has 0 saturated heterocycles. The highest BCUT2D eigenvalue weighted by atomic mass is 35.5. The third-order valence-corrected chi connectivity index (χ3v) is 3.57. The molecule has 0 aliphatic rings. The van der Waals surface area contributed by atoms with Gasteiger partial charge in [-0.3, -0.25) is 0 Å². The number of hydrogen-bond acceptors (Lipinski definition) is 2. The summed E-state index contributed by atoms with van der Waals surface area (Å²) in [7, 11) is 0. The predicted molar refractivity (Wildman–Crippen MR) is 59.7 cm³/mol. The van der Waals surface area contributed by atoms with E-state index < -0.39 is 0 Å². The standard InChI is InChI=1S/C10H16ClNS/c1-3-9(11)5-4-6-10-12-8(2)7-13-10/h7,9H,3-6H2,1-2H3. The molecular weight excluding hydrogens is 202 g/mol. The second kappa shape index (κ2) is 5.61. The molecule has 1 heterocycles. The maximum absolute atomic E-state index is 6.02. The Hall–Kier alpha value is -0.0800. The third-order valence-electron chi connectivity index (χ3n) is 2.02. The molecule has 1 rings (SSSR count). The number of aromatic nitrogens is 1. The number of nitrogens with zero attached hydrogens (tertiary/aromatic N) is 1. The molecule has 0 aliphatic carbocycles. The molecule has 1 nitrogen and oxygen atoms in total. The van der Waals surface area contributed by atoms with Crippen LogP contribution in [0.15, 0.2) is 5.38 Å². The van der Waals surface area contributed by atoms with Crippen molar-refractivity contribution in [2.45, 2.75) is 44.9 Å². The Bertz CT molecular complexity index is 247. The quantitative estimate of drug-likeness (QED) is 0.684. The van der Waals surface area contributed by atoms with Crippen molar-refractivity contribution in [3.8, 4) is 0 Å². The molecule has 1 aromatic heterocycles. The summed E-state index contributed by atoms with van der Waals surface area (Å²) in [5.41, 5.74) is 1.14. The highest BCUT2D eigenvalue weighted by Gasteiger charge is 2.02. The Morgan fingerprint density at radius 1 is 1.62 bits per heavy atom. The maximum Gasteiger partial charge on any atom is 0.0928 e. The molecule has 3 heteroatoms. The molecule has 1 aromatic rings. The summed E-state index contributed by atoms with van der Waals surface area (Å²) < 4.78 is 0. The summed E-state index contributed by atoms with van der Waals surface area (Å²) in [6.45, 7) is 4.17. The summed E-state index contributed by atoms with van der Waals surface area (Å²) >= 11 is 7.77. The molecule has 1 unspecified atom stereocenters. The van der Waals surface area contributed by atoms with Gasteiger partial charge in [0, 0.05) is 16.5 Å². The molecule has 0 N–H and O–H groups in total. The lowest BCUT2D eigenvalue weighted by molar-refractivity contribution is 0.672. The zero-order chi connectivity index (χ0) is 9.68. The number of thiazole rings is 1. The predicted octanol–water partition coefficient (Wildman–Crippen LogP) is 3.79. The van der Waals surface area contributed by atoms with Crippen molar-refractivity contribution < 1.29 is 0 Å². The first kappa shape index (κ1) is 11.0. The van der Waals surface area contributed by atoms with Gasteiger partial charge in [-0.1, -0.05) is 6.92 Å². The first-order chi connectivity index (χ1) is 6.22. The molecule has 0 saturated carbocycles. The lowest BCUT2D eigenvalue weighted by Gasteiger charge is -2.03. The van der Waals surface area contributed by atoms with Crippen LogP contribution in [0.4, 0.5) is 0 Å². The highest BCUT2D eigenvalue weighted by molar-refractivity contribution is 7.09. The molecule has 0 radical (unpaired) electrons. The fraction of sp³-hybridized carbons (Fsp3) is 0.700. The van der Waals surface area contributed by atoms with Gasteiger partial charge in [0.2, 0.25) is 0 Å². The summed E-state index contributed by atoms with van der Waals surface area (Å²) in [4.78, 5) is 4.41. The van der Waals surface area contributed by atoms with Gasteiger partial charge < -0.3 is 0 Å². The molecule has 0 aromatic carbocycles. The van der Waals surface area contributed by atoms with Crippen LogP contribution in [-0.4, -0.2) is 10.4 Å². The molecule has 1 atom stereocenters. The van der Waals surface area contributed by atoms with Gasteiger partial charge in [0.15, 0.2) is 0 Å². The Morgan fingerprint density at radius 3 is 2.92 bits per heavy atom. The van der Waals surface area contributed by atoms with Gasteiger partial charge >= 0.3 is 0 Å². The van der Waals surface area contributed by atoms with Gasteiger partial charge in [0.25, 0.3) is 0 Å². The van der Waals surface area contributed by atoms with Gasteiger partial charge in [0.05, 0.1) is 5.01 Å². The van der Waals surface area contributed by atoms with Gasteiger partial charge in [0.1, 0.15) is 0 Å². The van der Waals surface area contributed by atoms with Gasteiger partial charge in [-0.15, -0.1) is 22.9 Å². The van der Waals surface area contributed by atoms with Gasteiger partial charge in [-0.05, 0) is 32.6 Å². The van der Waals surface area contributed by atoms with E-state index in [0.717, 1.165) is 31.4 Å². The molecule has 0 spiro atoms. The van der Waals surface area contributed by atoms with E-state index >= 15 is 0 Å². The van der Waals surface area contributed by atoms with E-state index in [4.69, 9.17) is 11.6 Å². The van der Waals surface area contributed by atoms with Crippen molar-refractivity contribution in [1.29, 1.82) is 0 Å². The van der Waals surface area contributed by atoms with Crippen LogP contribution < -0.4 is 0 Å². The molecule has 74 valence electrons. The van der Waals surface area contributed by atoms with Crippen LogP contribution in [-0.2, 0) is 6.42 Å². The average molecular weight is 218 g/mol. The Morgan fingerprint density at radius 2 is 2.38 bits per heavy atom. The van der Waals surface area contributed by atoms with Crippen LogP contribution in [0.3, 0.4) is 0 Å². The average Bonchev–Trinajstić information content (AvgIpc) is 2.51. The van der Waals surface area contributed by atoms with Crippen molar-refractivity contribution in [2.24, 2.45) is 0 Å². The fourth-order valence-corrected chi connectivity index (χ4v) is 2.17. The second-order valence-corrected chi connectivity index (χ2v) is 4.84. The van der Waals surface area contributed by atoms with Crippen molar-refractivity contribution in [1.82, 2.24) is 4.98 Å². The van der Waals surface area contributed by atoms with E-state index in [1.54, 1.807) is 11.3 Å². The minimum absolute atomic E-state index is 0.348. The summed E-state index contributed by atoms with van der Waals surface area (Å²) in [6, 6.07) is 0. The van der Waals surface area contributed by atoms with Crippen molar-refractivity contribution in [3.63, 3.8) is 0 Å². The van der Waals surface area contributed by atoms with E-state index in [9.17, 15) is 0 Å². The van der Waals surface area contributed by atoms with E-state index in [1.807, 2.05) is 6.92 Å². The third kappa shape index (κ3) is 4.10. The van der Waals surface area contributed by atoms with E-state index in [-0.39, 0.29) is 0 Å². The minimum atomic E-state index is 0.348. The van der Waals surface area contributed by atoms with E-state index in [1.165, 1.54) is 5.01 Å². The Labute approximate surface area is 89.1 Å². The molecule has 13 heavy (non-hydrogen) atoms. The lowest BCUT2D eigenvalue weighted by Crippen LogP contribution is -1.96. The van der Waals surface area contributed by atoms with Crippen LogP contribution in [0.5, 0.6) is 0 Å². The lowest BCUT2D eigenvalue weighted by atomic mass is 10.1. The van der Waals surface area contributed by atoms with Crippen LogP contribution in [0.1, 0.15) is 36.9 Å². The summed E-state index contributed by atoms with van der Waals surface area (Å²) in [6.07, 6.45) is 4.42. The van der Waals surface area contributed by atoms with Crippen LogP contribution in [0, 0.1) is 6.92 Å². The first-order valence-corrected chi connectivity index (χ1v) is 6.09. The van der Waals surface area contributed by atoms with E-state index in [0.29, 0.717) is 5.38 Å². The monoisotopic (exact) mass is 217 g/mol. The van der Waals surface area contributed by atoms with Crippen molar-refractivity contribution >= 4 is 22.9 Å². The largest absolute Gasteiger partial charge is 0.247 e. The maximum atomic E-state index is 6.02. The second-order valence-electron chi connectivity index (χ2n) is 3.28. The minimum Gasteiger partial charge on any atom is -0.247 e. The van der Waals surface area contributed by atoms with Crippen LogP contribution in [0.2, 0.25) is 0 Å². The molecule has 0 fully saturated rings. The van der Waals surface area contributed by atoms with Crippen LogP contribution in [0.25, 0.3) is 0 Å². The zero-order valence-corrected chi connectivity index (χ0v) is 9.79. The zero-order valence-electron chi connectivity index (χ0n) is 8.22. The Balaban J connectivity index is 2.20. The number of aryl methyl sites for hydroxylation is 2. The van der Waals surface area contributed by atoms with Crippen molar-refractivity contribution in [3.05, 3.63) is 16.1 Å². The fourth-order valence-electron chi connectivity index (χ4n) is 1.20. The smallest absolute Gasteiger partial charge is 0.0928 e. The number of halogens is 1. The van der Waals surface area contributed by atoms with E-state index in [2.05, 4.69) is 17.3 Å².